The Morgan fingerprint density at radius 3 is 2.81 bits per heavy atom. The maximum Gasteiger partial charge on any atom is 0.175 e. The first-order valence-electron chi connectivity index (χ1n) is 8.82. The summed E-state index contributed by atoms with van der Waals surface area (Å²) in [5.41, 5.74) is 8.48. The predicted octanol–water partition coefficient (Wildman–Crippen LogP) is 2.59. The molecule has 0 unspecified atom stereocenters. The Labute approximate surface area is 166 Å². The Balaban J connectivity index is 1.60. The van der Waals surface area contributed by atoms with Gasteiger partial charge in [0.2, 0.25) is 0 Å². The molecule has 4 rings (SSSR count). The van der Waals surface area contributed by atoms with E-state index in [2.05, 4.69) is 25.5 Å². The number of aliphatic hydroxyl groups excluding tert-OH is 1. The molecule has 0 atom stereocenters. The molecule has 0 radical (unpaired) electrons. The van der Waals surface area contributed by atoms with Crippen molar-refractivity contribution in [3.63, 3.8) is 0 Å². The number of nitrogen functional groups attached to an aromatic ring is 1. The zero-order chi connectivity index (χ0) is 19.0. The molecule has 0 bridgehead atoms. The monoisotopic (exact) mass is 404 g/mol. The highest BCUT2D eigenvalue weighted by molar-refractivity contribution is 7.99. The van der Waals surface area contributed by atoms with Crippen LogP contribution in [-0.2, 0) is 6.54 Å². The fourth-order valence-electron chi connectivity index (χ4n) is 3.26. The van der Waals surface area contributed by atoms with Gasteiger partial charge < -0.3 is 15.4 Å². The van der Waals surface area contributed by atoms with Crippen molar-refractivity contribution in [2.45, 2.75) is 36.0 Å². The number of imidazole rings is 1. The maximum absolute atomic E-state index is 9.42. The quantitative estimate of drug-likeness (QED) is 0.652. The van der Waals surface area contributed by atoms with E-state index < -0.39 is 0 Å². The van der Waals surface area contributed by atoms with Crippen molar-refractivity contribution in [1.82, 2.24) is 24.4 Å². The van der Waals surface area contributed by atoms with Crippen LogP contribution in [0.2, 0.25) is 5.02 Å². The third kappa shape index (κ3) is 4.03. The molecule has 0 aliphatic carbocycles. The first kappa shape index (κ1) is 18.5. The topological polar surface area (TPSA) is 93.1 Å². The Morgan fingerprint density at radius 2 is 2.07 bits per heavy atom. The van der Waals surface area contributed by atoms with Crippen LogP contribution in [0.15, 0.2) is 34.6 Å². The predicted molar refractivity (Wildman–Crippen MR) is 107 cm³/mol. The summed E-state index contributed by atoms with van der Waals surface area (Å²) in [7, 11) is 0. The molecule has 1 fully saturated rings. The summed E-state index contributed by atoms with van der Waals surface area (Å²) >= 11 is 7.75. The summed E-state index contributed by atoms with van der Waals surface area (Å²) < 4.78 is 2.09. The van der Waals surface area contributed by atoms with Gasteiger partial charge >= 0.3 is 0 Å². The number of aryl methyl sites for hydroxylation is 2. The number of nitrogens with two attached hydrogens (primary N) is 1. The number of aromatic nitrogens is 4. The Hall–Kier alpha value is -1.87. The molecule has 3 N–H and O–H groups in total. The second kappa shape index (κ2) is 7.63. The lowest BCUT2D eigenvalue weighted by Gasteiger charge is -2.35. The molecule has 0 amide bonds. The summed E-state index contributed by atoms with van der Waals surface area (Å²) in [6.45, 7) is 5.22. The number of hydrogen-bond donors (Lipinski definition) is 2. The van der Waals surface area contributed by atoms with Gasteiger partial charge in [-0.1, -0.05) is 23.4 Å². The van der Waals surface area contributed by atoms with Crippen molar-refractivity contribution in [2.75, 3.05) is 25.4 Å². The molecular formula is C18H21ClN6OS. The molecule has 1 aliphatic rings. The van der Waals surface area contributed by atoms with Crippen molar-refractivity contribution in [3.8, 4) is 0 Å². The number of likely N-dealkylation sites (tertiary alicyclic amines) is 1. The molecule has 0 saturated carbocycles. The molecule has 1 aliphatic heterocycles. The lowest BCUT2D eigenvalue weighted by Crippen LogP contribution is -2.50. The standard InChI is InChI=1S/C18H21ClN6OS/c1-11-5-12(19)7-14(6-11)27-18-23-15-16(20)21-10-22-17(15)25(18)4-2-3-24-8-13(26)9-24/h5-7,10,13,26H,2-4,8-9H2,1H3,(H2,20,21,22). The van der Waals surface area contributed by atoms with Crippen LogP contribution in [0.1, 0.15) is 12.0 Å². The number of β-amino-alcohol motifs (C(OH)–C–C–N with tert-alkyl or cyclic N) is 1. The number of halogens is 1. The lowest BCUT2D eigenvalue weighted by atomic mass is 10.1. The van der Waals surface area contributed by atoms with Gasteiger partial charge in [-0.25, -0.2) is 15.0 Å². The maximum atomic E-state index is 9.42. The second-order valence-electron chi connectivity index (χ2n) is 6.81. The number of hydrogen-bond acceptors (Lipinski definition) is 7. The normalized spacial score (nSPS) is 15.4. The smallest absolute Gasteiger partial charge is 0.175 e. The van der Waals surface area contributed by atoms with Crippen LogP contribution in [0.5, 0.6) is 0 Å². The summed E-state index contributed by atoms with van der Waals surface area (Å²) in [6, 6.07) is 5.94. The highest BCUT2D eigenvalue weighted by Crippen LogP contribution is 2.33. The molecule has 27 heavy (non-hydrogen) atoms. The number of fused-ring (bicyclic) bond motifs is 1. The molecule has 7 nitrogen and oxygen atoms in total. The zero-order valence-corrected chi connectivity index (χ0v) is 16.5. The number of aliphatic hydroxyl groups is 1. The van der Waals surface area contributed by atoms with E-state index in [0.29, 0.717) is 16.4 Å². The number of nitrogens with zero attached hydrogens (tertiary/aromatic N) is 5. The van der Waals surface area contributed by atoms with Crippen molar-refractivity contribution in [3.05, 3.63) is 35.1 Å². The second-order valence-corrected chi connectivity index (χ2v) is 8.29. The summed E-state index contributed by atoms with van der Waals surface area (Å²) in [5.74, 6) is 0.383. The van der Waals surface area contributed by atoms with Crippen LogP contribution in [0.4, 0.5) is 5.82 Å². The third-order valence-electron chi connectivity index (χ3n) is 4.54. The van der Waals surface area contributed by atoms with Crippen molar-refractivity contribution < 1.29 is 5.11 Å². The minimum atomic E-state index is -0.177. The molecular weight excluding hydrogens is 384 g/mol. The van der Waals surface area contributed by atoms with Gasteiger partial charge in [0.1, 0.15) is 6.33 Å². The van der Waals surface area contributed by atoms with E-state index in [1.807, 2.05) is 19.1 Å². The third-order valence-corrected chi connectivity index (χ3v) is 5.73. The number of benzene rings is 1. The van der Waals surface area contributed by atoms with Crippen LogP contribution in [0.25, 0.3) is 11.2 Å². The van der Waals surface area contributed by atoms with Gasteiger partial charge in [-0.2, -0.15) is 0 Å². The van der Waals surface area contributed by atoms with Crippen LogP contribution in [0, 0.1) is 6.92 Å². The number of rotatable bonds is 6. The SMILES string of the molecule is Cc1cc(Cl)cc(Sc2nc3c(N)ncnc3n2CCCN2CC(O)C2)c1. The average molecular weight is 405 g/mol. The van der Waals surface area contributed by atoms with E-state index in [1.54, 1.807) is 11.8 Å². The van der Waals surface area contributed by atoms with Crippen LogP contribution < -0.4 is 5.73 Å². The van der Waals surface area contributed by atoms with Crippen molar-refractivity contribution in [1.29, 1.82) is 0 Å². The first-order chi connectivity index (χ1) is 13.0. The fraction of sp³-hybridized carbons (Fsp3) is 0.389. The van der Waals surface area contributed by atoms with Gasteiger partial charge in [-0.15, -0.1) is 0 Å². The molecule has 9 heteroatoms. The Bertz CT molecular complexity index is 952. The van der Waals surface area contributed by atoms with Crippen LogP contribution in [0.3, 0.4) is 0 Å². The van der Waals surface area contributed by atoms with Gasteiger partial charge in [0, 0.05) is 36.1 Å². The van der Waals surface area contributed by atoms with E-state index in [9.17, 15) is 5.11 Å². The summed E-state index contributed by atoms with van der Waals surface area (Å²) in [6.07, 6.45) is 2.23. The Kier molecular flexibility index (Phi) is 5.23. The minimum Gasteiger partial charge on any atom is -0.390 e. The van der Waals surface area contributed by atoms with Gasteiger partial charge in [-0.3, -0.25) is 4.90 Å². The van der Waals surface area contributed by atoms with E-state index in [4.69, 9.17) is 22.3 Å². The van der Waals surface area contributed by atoms with Crippen LogP contribution in [-0.4, -0.2) is 55.3 Å². The van der Waals surface area contributed by atoms with E-state index in [-0.39, 0.29) is 6.10 Å². The Morgan fingerprint density at radius 1 is 1.26 bits per heavy atom. The van der Waals surface area contributed by atoms with Gasteiger partial charge in [0.25, 0.3) is 0 Å². The highest BCUT2D eigenvalue weighted by atomic mass is 35.5. The first-order valence-corrected chi connectivity index (χ1v) is 10.0. The summed E-state index contributed by atoms with van der Waals surface area (Å²) in [4.78, 5) is 16.4. The van der Waals surface area contributed by atoms with Crippen LogP contribution >= 0.6 is 23.4 Å². The minimum absolute atomic E-state index is 0.177. The molecule has 142 valence electrons. The van der Waals surface area contributed by atoms with Crippen molar-refractivity contribution in [2.24, 2.45) is 0 Å². The largest absolute Gasteiger partial charge is 0.390 e. The zero-order valence-electron chi connectivity index (χ0n) is 15.0. The lowest BCUT2D eigenvalue weighted by molar-refractivity contribution is 0.00119. The molecule has 1 aromatic carbocycles. The van der Waals surface area contributed by atoms with Gasteiger partial charge in [0.05, 0.1) is 6.10 Å². The van der Waals surface area contributed by atoms with E-state index in [0.717, 1.165) is 53.9 Å². The number of anilines is 1. The van der Waals surface area contributed by atoms with Crippen molar-refractivity contribution >= 4 is 40.3 Å². The van der Waals surface area contributed by atoms with E-state index in [1.165, 1.54) is 6.33 Å². The van der Waals surface area contributed by atoms with Gasteiger partial charge in [0.15, 0.2) is 22.1 Å². The molecule has 0 spiro atoms. The summed E-state index contributed by atoms with van der Waals surface area (Å²) in [5, 5.41) is 11.0. The van der Waals surface area contributed by atoms with Gasteiger partial charge in [-0.05, 0) is 37.1 Å². The molecule has 3 heterocycles. The fourth-order valence-corrected chi connectivity index (χ4v) is 4.68. The average Bonchev–Trinajstić information content (AvgIpc) is 2.91. The van der Waals surface area contributed by atoms with E-state index >= 15 is 0 Å². The highest BCUT2D eigenvalue weighted by Gasteiger charge is 2.23. The molecule has 2 aromatic heterocycles. The molecule has 3 aromatic rings. The molecule has 1 saturated heterocycles.